The van der Waals surface area contributed by atoms with Gasteiger partial charge in [0.25, 0.3) is 0 Å². The summed E-state index contributed by atoms with van der Waals surface area (Å²) in [6, 6.07) is 4.06. The van der Waals surface area contributed by atoms with Gasteiger partial charge in [-0.1, -0.05) is 0 Å². The van der Waals surface area contributed by atoms with E-state index in [0.29, 0.717) is 0 Å². The smallest absolute Gasteiger partial charge is 0.126 e. The van der Waals surface area contributed by atoms with Crippen LogP contribution >= 0.6 is 0 Å². The fourth-order valence-electron chi connectivity index (χ4n) is 1.91. The lowest BCUT2D eigenvalue weighted by Crippen LogP contribution is -2.45. The lowest BCUT2D eigenvalue weighted by molar-refractivity contribution is -0.0601. The standard InChI is InChI=1S/C12H18N2O/c1-10-4-7-13-11(8-10)14-9-12(15-2)5-3-6-12/h4,7-8H,3,5-6,9H2,1-2H3,(H,13,14). The number of nitrogens with zero attached hydrogens (tertiary/aromatic N) is 1. The van der Waals surface area contributed by atoms with Gasteiger partial charge in [-0.2, -0.15) is 0 Å². The topological polar surface area (TPSA) is 34.1 Å². The van der Waals surface area contributed by atoms with Gasteiger partial charge in [-0.05, 0) is 43.9 Å². The molecule has 1 aromatic heterocycles. The Hall–Kier alpha value is -1.09. The maximum atomic E-state index is 5.54. The van der Waals surface area contributed by atoms with Gasteiger partial charge in [0, 0.05) is 19.9 Å². The Labute approximate surface area is 90.9 Å². The van der Waals surface area contributed by atoms with Crippen molar-refractivity contribution in [2.45, 2.75) is 31.8 Å². The molecule has 1 fully saturated rings. The van der Waals surface area contributed by atoms with E-state index in [1.807, 2.05) is 12.3 Å². The fourth-order valence-corrected chi connectivity index (χ4v) is 1.91. The van der Waals surface area contributed by atoms with Crippen LogP contribution < -0.4 is 5.32 Å². The summed E-state index contributed by atoms with van der Waals surface area (Å²) in [6.45, 7) is 2.93. The van der Waals surface area contributed by atoms with Crippen LogP contribution in [0.5, 0.6) is 0 Å². The lowest BCUT2D eigenvalue weighted by atomic mass is 9.80. The van der Waals surface area contributed by atoms with E-state index in [2.05, 4.69) is 23.3 Å². The number of pyridine rings is 1. The number of hydrogen-bond donors (Lipinski definition) is 1. The third-order valence-electron chi connectivity index (χ3n) is 3.20. The zero-order valence-electron chi connectivity index (χ0n) is 9.42. The predicted octanol–water partition coefficient (Wildman–Crippen LogP) is 2.37. The van der Waals surface area contributed by atoms with Crippen molar-refractivity contribution in [2.24, 2.45) is 0 Å². The molecule has 0 amide bonds. The van der Waals surface area contributed by atoms with Gasteiger partial charge >= 0.3 is 0 Å². The molecule has 1 heterocycles. The second kappa shape index (κ2) is 4.19. The van der Waals surface area contributed by atoms with E-state index in [-0.39, 0.29) is 5.60 Å². The molecule has 0 spiro atoms. The highest BCUT2D eigenvalue weighted by atomic mass is 16.5. The summed E-state index contributed by atoms with van der Waals surface area (Å²) in [5, 5.41) is 3.34. The van der Waals surface area contributed by atoms with Gasteiger partial charge < -0.3 is 10.1 Å². The Morgan fingerprint density at radius 3 is 2.87 bits per heavy atom. The lowest BCUT2D eigenvalue weighted by Gasteiger charge is -2.40. The molecule has 0 radical (unpaired) electrons. The SMILES string of the molecule is COC1(CNc2cc(C)ccn2)CCC1. The van der Waals surface area contributed by atoms with Crippen LogP contribution in [-0.4, -0.2) is 24.2 Å². The summed E-state index contributed by atoms with van der Waals surface area (Å²) in [6.07, 6.45) is 5.42. The number of rotatable bonds is 4. The number of ether oxygens (including phenoxy) is 1. The third-order valence-corrected chi connectivity index (χ3v) is 3.20. The molecule has 1 N–H and O–H groups in total. The average molecular weight is 206 g/mol. The summed E-state index contributed by atoms with van der Waals surface area (Å²) in [5.74, 6) is 0.943. The Bertz CT molecular complexity index is 329. The molecule has 0 atom stereocenters. The Morgan fingerprint density at radius 2 is 2.33 bits per heavy atom. The molecule has 1 aromatic rings. The van der Waals surface area contributed by atoms with Crippen LogP contribution in [-0.2, 0) is 4.74 Å². The van der Waals surface area contributed by atoms with Crippen molar-refractivity contribution in [3.05, 3.63) is 23.9 Å². The van der Waals surface area contributed by atoms with Gasteiger partial charge in [0.1, 0.15) is 5.82 Å². The highest BCUT2D eigenvalue weighted by molar-refractivity contribution is 5.37. The van der Waals surface area contributed by atoms with E-state index >= 15 is 0 Å². The molecule has 0 unspecified atom stereocenters. The van der Waals surface area contributed by atoms with E-state index in [1.54, 1.807) is 7.11 Å². The first kappa shape index (κ1) is 10.4. The zero-order chi connectivity index (χ0) is 10.7. The first-order chi connectivity index (χ1) is 7.24. The van der Waals surface area contributed by atoms with Crippen molar-refractivity contribution in [1.29, 1.82) is 0 Å². The van der Waals surface area contributed by atoms with Gasteiger partial charge in [-0.25, -0.2) is 4.98 Å². The summed E-state index contributed by atoms with van der Waals surface area (Å²) in [5.41, 5.74) is 1.29. The van der Waals surface area contributed by atoms with E-state index in [9.17, 15) is 0 Å². The van der Waals surface area contributed by atoms with Crippen LogP contribution in [0.2, 0.25) is 0 Å². The predicted molar refractivity (Wildman–Crippen MR) is 61.1 cm³/mol. The molecule has 2 rings (SSSR count). The minimum Gasteiger partial charge on any atom is -0.376 e. The molecule has 1 aliphatic rings. The van der Waals surface area contributed by atoms with E-state index in [4.69, 9.17) is 4.74 Å². The number of methoxy groups -OCH3 is 1. The molecule has 0 aliphatic heterocycles. The highest BCUT2D eigenvalue weighted by Crippen LogP contribution is 2.34. The number of aryl methyl sites for hydroxylation is 1. The molecular formula is C12H18N2O. The van der Waals surface area contributed by atoms with Crippen molar-refractivity contribution < 1.29 is 4.74 Å². The van der Waals surface area contributed by atoms with E-state index in [1.165, 1.54) is 12.0 Å². The molecule has 82 valence electrons. The van der Waals surface area contributed by atoms with Crippen LogP contribution in [0.4, 0.5) is 5.82 Å². The zero-order valence-corrected chi connectivity index (χ0v) is 9.42. The average Bonchev–Trinajstić information content (AvgIpc) is 2.17. The minimum atomic E-state index is 0.0609. The van der Waals surface area contributed by atoms with Gasteiger partial charge in [0.15, 0.2) is 0 Å². The van der Waals surface area contributed by atoms with Crippen LogP contribution in [0.1, 0.15) is 24.8 Å². The monoisotopic (exact) mass is 206 g/mol. The van der Waals surface area contributed by atoms with Crippen LogP contribution in [0, 0.1) is 6.92 Å². The van der Waals surface area contributed by atoms with Crippen molar-refractivity contribution in [3.8, 4) is 0 Å². The van der Waals surface area contributed by atoms with Gasteiger partial charge in [0.2, 0.25) is 0 Å². The molecule has 3 nitrogen and oxygen atoms in total. The van der Waals surface area contributed by atoms with Crippen molar-refractivity contribution in [1.82, 2.24) is 4.98 Å². The normalized spacial score (nSPS) is 18.3. The molecule has 0 bridgehead atoms. The Kier molecular flexibility index (Phi) is 2.91. The van der Waals surface area contributed by atoms with E-state index in [0.717, 1.165) is 25.2 Å². The number of hydrogen-bond acceptors (Lipinski definition) is 3. The van der Waals surface area contributed by atoms with Gasteiger partial charge in [-0.15, -0.1) is 0 Å². The summed E-state index contributed by atoms with van der Waals surface area (Å²) < 4.78 is 5.54. The molecule has 0 aromatic carbocycles. The maximum absolute atomic E-state index is 5.54. The molecule has 15 heavy (non-hydrogen) atoms. The molecule has 1 aliphatic carbocycles. The first-order valence-corrected chi connectivity index (χ1v) is 5.46. The van der Waals surface area contributed by atoms with Crippen LogP contribution in [0.3, 0.4) is 0 Å². The second-order valence-corrected chi connectivity index (χ2v) is 4.31. The largest absolute Gasteiger partial charge is 0.376 e. The molecular weight excluding hydrogens is 188 g/mol. The van der Waals surface area contributed by atoms with Gasteiger partial charge in [-0.3, -0.25) is 0 Å². The quantitative estimate of drug-likeness (QED) is 0.821. The summed E-state index contributed by atoms with van der Waals surface area (Å²) in [4.78, 5) is 4.27. The maximum Gasteiger partial charge on any atom is 0.126 e. The first-order valence-electron chi connectivity index (χ1n) is 5.46. The van der Waals surface area contributed by atoms with Crippen molar-refractivity contribution >= 4 is 5.82 Å². The van der Waals surface area contributed by atoms with Crippen molar-refractivity contribution in [2.75, 3.05) is 19.0 Å². The minimum absolute atomic E-state index is 0.0609. The van der Waals surface area contributed by atoms with Crippen LogP contribution in [0.25, 0.3) is 0 Å². The Balaban J connectivity index is 1.92. The summed E-state index contributed by atoms with van der Waals surface area (Å²) >= 11 is 0. The highest BCUT2D eigenvalue weighted by Gasteiger charge is 2.36. The fraction of sp³-hybridized carbons (Fsp3) is 0.583. The van der Waals surface area contributed by atoms with Gasteiger partial charge in [0.05, 0.1) is 5.60 Å². The Morgan fingerprint density at radius 1 is 1.53 bits per heavy atom. The van der Waals surface area contributed by atoms with Crippen molar-refractivity contribution in [3.63, 3.8) is 0 Å². The molecule has 1 saturated carbocycles. The number of nitrogens with one attached hydrogen (secondary N) is 1. The molecule has 0 saturated heterocycles. The van der Waals surface area contributed by atoms with Crippen LogP contribution in [0.15, 0.2) is 18.3 Å². The third kappa shape index (κ3) is 2.29. The molecule has 3 heteroatoms. The second-order valence-electron chi connectivity index (χ2n) is 4.31. The summed E-state index contributed by atoms with van der Waals surface area (Å²) in [7, 11) is 1.80. The number of anilines is 1. The number of aromatic nitrogens is 1. The van der Waals surface area contributed by atoms with E-state index < -0.39 is 0 Å².